The number of aryl methyl sites for hydroxylation is 2. The Morgan fingerprint density at radius 3 is 2.56 bits per heavy atom. The van der Waals surface area contributed by atoms with E-state index >= 15 is 0 Å². The van der Waals surface area contributed by atoms with Crippen molar-refractivity contribution >= 4 is 32.4 Å². The summed E-state index contributed by atoms with van der Waals surface area (Å²) in [5.74, 6) is -0.241. The third-order valence-corrected chi connectivity index (χ3v) is 6.39. The average molecular weight is 383 g/mol. The maximum atomic E-state index is 12.6. The normalized spacial score (nSPS) is 12.8. The molecule has 1 atom stereocenters. The quantitative estimate of drug-likeness (QED) is 0.717. The number of hydrogen-bond donors (Lipinski definition) is 2. The molecule has 7 nitrogen and oxygen atoms in total. The van der Waals surface area contributed by atoms with Gasteiger partial charge in [0.05, 0.1) is 0 Å². The Kier molecular flexibility index (Phi) is 6.26. The highest BCUT2D eigenvalue weighted by Gasteiger charge is 2.25. The number of anilines is 1. The molecule has 0 fully saturated rings. The zero-order valence-electron chi connectivity index (χ0n) is 14.7. The first-order valence-electron chi connectivity index (χ1n) is 7.99. The molecule has 0 radical (unpaired) electrons. The topological polar surface area (TPSA) is 101 Å². The number of rotatable bonds is 7. The second-order valence-electron chi connectivity index (χ2n) is 5.72. The van der Waals surface area contributed by atoms with Gasteiger partial charge in [-0.05, 0) is 31.4 Å². The highest BCUT2D eigenvalue weighted by atomic mass is 32.2. The van der Waals surface area contributed by atoms with E-state index < -0.39 is 10.0 Å². The Labute approximate surface area is 151 Å². The summed E-state index contributed by atoms with van der Waals surface area (Å²) >= 11 is 0.833. The highest BCUT2D eigenvalue weighted by Crippen LogP contribution is 2.26. The standard InChI is InChI=1S/C16H22N4O3S2/c1-5-13(12-8-7-10(3)9-11(12)4)20-25(22,23)16-19-18-15(24-16)17-14(21)6-2/h7-9,13,20H,5-6H2,1-4H3,(H,17,18,21)/t13-/m0/s1. The fourth-order valence-electron chi connectivity index (χ4n) is 2.40. The minimum Gasteiger partial charge on any atom is -0.301 e. The summed E-state index contributed by atoms with van der Waals surface area (Å²) in [6.45, 7) is 7.57. The molecule has 9 heteroatoms. The van der Waals surface area contributed by atoms with Crippen LogP contribution >= 0.6 is 11.3 Å². The van der Waals surface area contributed by atoms with E-state index in [1.165, 1.54) is 0 Å². The second-order valence-corrected chi connectivity index (χ2v) is 8.58. The van der Waals surface area contributed by atoms with E-state index in [2.05, 4.69) is 20.2 Å². The number of benzene rings is 1. The first-order chi connectivity index (χ1) is 11.8. The molecule has 0 aliphatic rings. The van der Waals surface area contributed by atoms with Crippen LogP contribution in [-0.2, 0) is 14.8 Å². The van der Waals surface area contributed by atoms with E-state index in [0.29, 0.717) is 6.42 Å². The molecule has 0 spiro atoms. The van der Waals surface area contributed by atoms with Gasteiger partial charge in [-0.1, -0.05) is 48.9 Å². The van der Waals surface area contributed by atoms with Crippen molar-refractivity contribution in [3.8, 4) is 0 Å². The van der Waals surface area contributed by atoms with Gasteiger partial charge in [-0.3, -0.25) is 4.79 Å². The first-order valence-corrected chi connectivity index (χ1v) is 10.3. The number of nitrogens with zero attached hydrogens (tertiary/aromatic N) is 2. The molecular formula is C16H22N4O3S2. The van der Waals surface area contributed by atoms with Crippen molar-refractivity contribution < 1.29 is 13.2 Å². The van der Waals surface area contributed by atoms with Gasteiger partial charge in [-0.25, -0.2) is 13.1 Å². The number of hydrogen-bond acceptors (Lipinski definition) is 6. The molecule has 2 aromatic rings. The minimum absolute atomic E-state index is 0.165. The predicted octanol–water partition coefficient (Wildman–Crippen LogP) is 2.93. The van der Waals surface area contributed by atoms with Crippen molar-refractivity contribution in [1.29, 1.82) is 0 Å². The summed E-state index contributed by atoms with van der Waals surface area (Å²) < 4.78 is 27.7. The van der Waals surface area contributed by atoms with E-state index in [-0.39, 0.29) is 27.8 Å². The van der Waals surface area contributed by atoms with Gasteiger partial charge in [0.15, 0.2) is 0 Å². The van der Waals surface area contributed by atoms with Crippen LogP contribution in [0.5, 0.6) is 0 Å². The van der Waals surface area contributed by atoms with Crippen LogP contribution in [0.3, 0.4) is 0 Å². The lowest BCUT2D eigenvalue weighted by Crippen LogP contribution is -2.28. The van der Waals surface area contributed by atoms with Crippen LogP contribution in [-0.4, -0.2) is 24.5 Å². The number of carbonyl (C=O) groups is 1. The van der Waals surface area contributed by atoms with Crippen LogP contribution in [0.25, 0.3) is 0 Å². The van der Waals surface area contributed by atoms with Crippen LogP contribution < -0.4 is 10.0 Å². The van der Waals surface area contributed by atoms with Gasteiger partial charge in [-0.15, -0.1) is 10.2 Å². The molecule has 136 valence electrons. The van der Waals surface area contributed by atoms with Gasteiger partial charge in [-0.2, -0.15) is 0 Å². The third kappa shape index (κ3) is 4.83. The van der Waals surface area contributed by atoms with E-state index in [9.17, 15) is 13.2 Å². The van der Waals surface area contributed by atoms with Gasteiger partial charge >= 0.3 is 0 Å². The SMILES string of the molecule is CCC(=O)Nc1nnc(S(=O)(=O)N[C@@H](CC)c2ccc(C)cc2C)s1. The second kappa shape index (κ2) is 8.03. The molecule has 0 unspecified atom stereocenters. The summed E-state index contributed by atoms with van der Waals surface area (Å²) in [6, 6.07) is 5.57. The van der Waals surface area contributed by atoms with Crippen molar-refractivity contribution in [3.63, 3.8) is 0 Å². The summed E-state index contributed by atoms with van der Waals surface area (Å²) in [4.78, 5) is 11.4. The molecule has 0 bridgehead atoms. The smallest absolute Gasteiger partial charge is 0.270 e. The summed E-state index contributed by atoms with van der Waals surface area (Å²) in [7, 11) is -3.82. The predicted molar refractivity (Wildman–Crippen MR) is 98.1 cm³/mol. The van der Waals surface area contributed by atoms with Crippen LogP contribution in [0.2, 0.25) is 0 Å². The molecule has 0 aliphatic carbocycles. The molecule has 1 heterocycles. The lowest BCUT2D eigenvalue weighted by molar-refractivity contribution is -0.115. The Morgan fingerprint density at radius 2 is 1.96 bits per heavy atom. The van der Waals surface area contributed by atoms with Gasteiger partial charge in [0.2, 0.25) is 15.4 Å². The molecule has 1 aromatic heterocycles. The van der Waals surface area contributed by atoms with Crippen molar-refractivity contribution in [2.45, 2.75) is 50.9 Å². The van der Waals surface area contributed by atoms with Gasteiger partial charge in [0.1, 0.15) is 0 Å². The molecule has 1 amide bonds. The van der Waals surface area contributed by atoms with E-state index in [1.807, 2.05) is 39.0 Å². The number of amides is 1. The Morgan fingerprint density at radius 1 is 1.24 bits per heavy atom. The molecule has 1 aromatic carbocycles. The number of sulfonamides is 1. The Bertz CT molecular complexity index is 862. The average Bonchev–Trinajstić information content (AvgIpc) is 3.02. The van der Waals surface area contributed by atoms with Gasteiger partial charge in [0.25, 0.3) is 10.0 Å². The largest absolute Gasteiger partial charge is 0.301 e. The number of carbonyl (C=O) groups excluding carboxylic acids is 1. The lowest BCUT2D eigenvalue weighted by atomic mass is 9.98. The van der Waals surface area contributed by atoms with Crippen molar-refractivity contribution in [3.05, 3.63) is 34.9 Å². The maximum Gasteiger partial charge on any atom is 0.270 e. The monoisotopic (exact) mass is 382 g/mol. The van der Waals surface area contributed by atoms with E-state index in [0.717, 1.165) is 28.0 Å². The van der Waals surface area contributed by atoms with Crippen LogP contribution in [0.4, 0.5) is 5.13 Å². The zero-order chi connectivity index (χ0) is 18.6. The van der Waals surface area contributed by atoms with Crippen molar-refractivity contribution in [2.75, 3.05) is 5.32 Å². The summed E-state index contributed by atoms with van der Waals surface area (Å²) in [6.07, 6.45) is 0.881. The van der Waals surface area contributed by atoms with Crippen LogP contribution in [0, 0.1) is 13.8 Å². The number of nitrogens with one attached hydrogen (secondary N) is 2. The molecule has 0 aliphatic heterocycles. The van der Waals surface area contributed by atoms with Crippen LogP contribution in [0.15, 0.2) is 22.5 Å². The molecule has 2 N–H and O–H groups in total. The van der Waals surface area contributed by atoms with E-state index in [1.54, 1.807) is 6.92 Å². The molecule has 0 saturated heterocycles. The van der Waals surface area contributed by atoms with Crippen LogP contribution in [0.1, 0.15) is 49.4 Å². The summed E-state index contributed by atoms with van der Waals surface area (Å²) in [5.41, 5.74) is 3.09. The van der Waals surface area contributed by atoms with Gasteiger partial charge in [0, 0.05) is 12.5 Å². The first kappa shape index (κ1) is 19.5. The fourth-order valence-corrected chi connectivity index (χ4v) is 4.63. The number of aromatic nitrogens is 2. The zero-order valence-corrected chi connectivity index (χ0v) is 16.3. The Balaban J connectivity index is 2.22. The lowest BCUT2D eigenvalue weighted by Gasteiger charge is -2.19. The minimum atomic E-state index is -3.82. The summed E-state index contributed by atoms with van der Waals surface area (Å²) in [5, 5.41) is 10.1. The van der Waals surface area contributed by atoms with Gasteiger partial charge < -0.3 is 5.32 Å². The molecule has 0 saturated carbocycles. The highest BCUT2D eigenvalue weighted by molar-refractivity contribution is 7.91. The van der Waals surface area contributed by atoms with E-state index in [4.69, 9.17) is 0 Å². The van der Waals surface area contributed by atoms with Crippen molar-refractivity contribution in [2.24, 2.45) is 0 Å². The third-order valence-electron chi connectivity index (χ3n) is 3.71. The molecule has 2 rings (SSSR count). The maximum absolute atomic E-state index is 12.6. The van der Waals surface area contributed by atoms with Crippen molar-refractivity contribution in [1.82, 2.24) is 14.9 Å². The Hall–Kier alpha value is -1.84. The fraction of sp³-hybridized carbons (Fsp3) is 0.438. The molecule has 25 heavy (non-hydrogen) atoms. The molecular weight excluding hydrogens is 360 g/mol.